The van der Waals surface area contributed by atoms with E-state index in [1.54, 1.807) is 12.1 Å². The van der Waals surface area contributed by atoms with Gasteiger partial charge in [0, 0.05) is 33.3 Å². The number of methoxy groups -OCH3 is 1. The van der Waals surface area contributed by atoms with Crippen molar-refractivity contribution in [3.8, 4) is 0 Å². The fourth-order valence-corrected chi connectivity index (χ4v) is 3.80. The van der Waals surface area contributed by atoms with E-state index in [1.165, 1.54) is 35.0 Å². The van der Waals surface area contributed by atoms with Gasteiger partial charge in [-0.05, 0) is 34.7 Å². The molecule has 0 spiro atoms. The van der Waals surface area contributed by atoms with Gasteiger partial charge in [-0.15, -0.1) is 0 Å². The Balaban J connectivity index is 1.94. The number of esters is 1. The zero-order valence-corrected chi connectivity index (χ0v) is 17.7. The molecule has 3 aromatic rings. The summed E-state index contributed by atoms with van der Waals surface area (Å²) in [6, 6.07) is 8.59. The maximum absolute atomic E-state index is 13.6. The summed E-state index contributed by atoms with van der Waals surface area (Å²) in [5.41, 5.74) is 0.0626. The Morgan fingerprint density at radius 1 is 1.19 bits per heavy atom. The van der Waals surface area contributed by atoms with Crippen LogP contribution in [0.1, 0.15) is 22.0 Å². The average Bonchev–Trinajstić information content (AvgIpc) is 3.25. The second-order valence-corrected chi connectivity index (χ2v) is 7.40. The highest BCUT2D eigenvalue weighted by molar-refractivity contribution is 6.35. The number of anilines is 1. The first-order valence-corrected chi connectivity index (χ1v) is 9.69. The minimum atomic E-state index is -1.01. The predicted molar refractivity (Wildman–Crippen MR) is 113 cm³/mol. The number of tetrazole rings is 1. The van der Waals surface area contributed by atoms with Crippen LogP contribution in [0, 0.1) is 10.1 Å². The molecule has 0 fully saturated rings. The number of hydrogen-bond donors (Lipinski definition) is 1. The molecule has 162 valence electrons. The van der Waals surface area contributed by atoms with E-state index in [0.29, 0.717) is 10.6 Å². The number of nitro benzene ring substituents is 1. The van der Waals surface area contributed by atoms with Gasteiger partial charge >= 0.3 is 5.97 Å². The number of nitrogens with zero attached hydrogens (tertiary/aromatic N) is 5. The first kappa shape index (κ1) is 21.4. The highest BCUT2D eigenvalue weighted by Crippen LogP contribution is 2.40. The molecule has 2 heterocycles. The van der Waals surface area contributed by atoms with Crippen LogP contribution in [0.25, 0.3) is 0 Å². The molecule has 2 aromatic carbocycles. The Bertz CT molecular complexity index is 1290. The number of aromatic nitrogens is 4. The van der Waals surface area contributed by atoms with E-state index in [9.17, 15) is 19.7 Å². The van der Waals surface area contributed by atoms with Crippen molar-refractivity contribution in [2.45, 2.75) is 6.04 Å². The number of fused-ring (bicyclic) bond motifs is 1. The van der Waals surface area contributed by atoms with E-state index in [2.05, 4.69) is 20.8 Å². The summed E-state index contributed by atoms with van der Waals surface area (Å²) in [7, 11) is 1.16. The van der Waals surface area contributed by atoms with Crippen LogP contribution < -0.4 is 5.32 Å². The molecule has 0 radical (unpaired) electrons. The quantitative estimate of drug-likeness (QED) is 0.255. The van der Waals surface area contributed by atoms with Gasteiger partial charge < -0.3 is 10.1 Å². The molecule has 0 aliphatic carbocycles. The summed E-state index contributed by atoms with van der Waals surface area (Å²) < 4.78 is 6.14. The standard InChI is InChI=1S/C19H12Cl2N6O5/c1-32-18(29)15-14(17(28)9-2-5-11(6-3-9)27(30)31)16(26-19(22-15)23-24-25-26)12-7-4-10(20)8-13(12)21/h2-8,16H,1H3,(H,22,23,25)/t16-/m0/s1. The lowest BCUT2D eigenvalue weighted by Gasteiger charge is -2.28. The topological polar surface area (TPSA) is 142 Å². The van der Waals surface area contributed by atoms with Crippen molar-refractivity contribution < 1.29 is 19.2 Å². The van der Waals surface area contributed by atoms with E-state index in [4.69, 9.17) is 27.9 Å². The van der Waals surface area contributed by atoms with E-state index < -0.39 is 22.7 Å². The molecule has 32 heavy (non-hydrogen) atoms. The summed E-state index contributed by atoms with van der Waals surface area (Å²) in [6.07, 6.45) is 0. The second-order valence-electron chi connectivity index (χ2n) is 6.55. The number of non-ortho nitro benzene ring substituents is 1. The van der Waals surface area contributed by atoms with Crippen LogP contribution in [-0.2, 0) is 9.53 Å². The molecule has 11 nitrogen and oxygen atoms in total. The Kier molecular flexibility index (Phi) is 5.59. The number of Topliss-reactive ketones (excluding diaryl/α,β-unsaturated/α-hetero) is 1. The van der Waals surface area contributed by atoms with Crippen molar-refractivity contribution in [3.63, 3.8) is 0 Å². The Morgan fingerprint density at radius 3 is 2.53 bits per heavy atom. The molecule has 1 aromatic heterocycles. The maximum atomic E-state index is 13.6. The van der Waals surface area contributed by atoms with Crippen molar-refractivity contribution in [2.24, 2.45) is 0 Å². The molecule has 1 N–H and O–H groups in total. The van der Waals surface area contributed by atoms with Crippen LogP contribution in [0.4, 0.5) is 11.6 Å². The van der Waals surface area contributed by atoms with Gasteiger partial charge in [-0.2, -0.15) is 4.68 Å². The molecule has 4 rings (SSSR count). The van der Waals surface area contributed by atoms with Gasteiger partial charge in [-0.25, -0.2) is 4.79 Å². The number of nitro groups is 1. The number of nitrogens with one attached hydrogen (secondary N) is 1. The van der Waals surface area contributed by atoms with Crippen molar-refractivity contribution in [1.29, 1.82) is 0 Å². The lowest BCUT2D eigenvalue weighted by molar-refractivity contribution is -0.384. The fraction of sp³-hybridized carbons (Fsp3) is 0.105. The maximum Gasteiger partial charge on any atom is 0.355 e. The van der Waals surface area contributed by atoms with Gasteiger partial charge in [0.25, 0.3) is 5.69 Å². The van der Waals surface area contributed by atoms with Crippen LogP contribution >= 0.6 is 23.2 Å². The second kappa shape index (κ2) is 8.36. The molecule has 13 heteroatoms. The number of hydrogen-bond acceptors (Lipinski definition) is 9. The van der Waals surface area contributed by atoms with Crippen LogP contribution in [0.2, 0.25) is 10.0 Å². The Morgan fingerprint density at radius 2 is 1.91 bits per heavy atom. The van der Waals surface area contributed by atoms with Crippen molar-refractivity contribution in [3.05, 3.63) is 85.0 Å². The molecular formula is C19H12Cl2N6O5. The molecule has 1 atom stereocenters. The predicted octanol–water partition coefficient (Wildman–Crippen LogP) is 3.21. The molecule has 1 aliphatic rings. The molecule has 0 amide bonds. The number of carbonyl (C=O) groups excluding carboxylic acids is 2. The van der Waals surface area contributed by atoms with Crippen molar-refractivity contribution in [2.75, 3.05) is 12.4 Å². The first-order chi connectivity index (χ1) is 15.3. The lowest BCUT2D eigenvalue weighted by atomic mass is 9.89. The first-order valence-electron chi connectivity index (χ1n) is 8.93. The largest absolute Gasteiger partial charge is 0.464 e. The van der Waals surface area contributed by atoms with Crippen LogP contribution in [-0.4, -0.2) is 44.0 Å². The SMILES string of the molecule is COC(=O)C1=C(C(=O)c2ccc([N+](=O)[O-])cc2)[C@H](c2ccc(Cl)cc2Cl)n2nnnc2N1. The number of ether oxygens (including phenoxy) is 1. The number of allylic oxidation sites excluding steroid dienone is 1. The highest BCUT2D eigenvalue weighted by Gasteiger charge is 2.39. The van der Waals surface area contributed by atoms with Crippen molar-refractivity contribution in [1.82, 2.24) is 20.2 Å². The van der Waals surface area contributed by atoms with E-state index in [1.807, 2.05) is 0 Å². The van der Waals surface area contributed by atoms with Gasteiger partial charge in [0.15, 0.2) is 5.78 Å². The van der Waals surface area contributed by atoms with E-state index in [0.717, 1.165) is 7.11 Å². The van der Waals surface area contributed by atoms with Gasteiger partial charge in [0.2, 0.25) is 5.95 Å². The van der Waals surface area contributed by atoms with Crippen LogP contribution in [0.15, 0.2) is 53.7 Å². The number of benzene rings is 2. The molecule has 0 unspecified atom stereocenters. The van der Waals surface area contributed by atoms with Gasteiger partial charge in [-0.1, -0.05) is 34.4 Å². The third-order valence-electron chi connectivity index (χ3n) is 4.75. The third-order valence-corrected chi connectivity index (χ3v) is 5.31. The average molecular weight is 475 g/mol. The number of carbonyl (C=O) groups is 2. The van der Waals surface area contributed by atoms with E-state index in [-0.39, 0.29) is 33.5 Å². The van der Waals surface area contributed by atoms with Gasteiger partial charge in [-0.3, -0.25) is 14.9 Å². The normalized spacial score (nSPS) is 15.0. The van der Waals surface area contributed by atoms with Crippen LogP contribution in [0.5, 0.6) is 0 Å². The molecule has 1 aliphatic heterocycles. The summed E-state index contributed by atoms with van der Waals surface area (Å²) in [4.78, 5) is 36.5. The minimum absolute atomic E-state index is 0.0604. The molecular weight excluding hydrogens is 463 g/mol. The van der Waals surface area contributed by atoms with Crippen LogP contribution in [0.3, 0.4) is 0 Å². The molecule has 0 bridgehead atoms. The summed E-state index contributed by atoms with van der Waals surface area (Å²) >= 11 is 12.4. The summed E-state index contributed by atoms with van der Waals surface area (Å²) in [6.45, 7) is 0. The molecule has 0 saturated carbocycles. The fourth-order valence-electron chi connectivity index (χ4n) is 3.29. The minimum Gasteiger partial charge on any atom is -0.464 e. The summed E-state index contributed by atoms with van der Waals surface area (Å²) in [5.74, 6) is -1.36. The number of rotatable bonds is 5. The monoisotopic (exact) mass is 474 g/mol. The lowest BCUT2D eigenvalue weighted by Crippen LogP contribution is -2.33. The molecule has 0 saturated heterocycles. The third kappa shape index (κ3) is 3.67. The zero-order chi connectivity index (χ0) is 23.0. The highest BCUT2D eigenvalue weighted by atomic mass is 35.5. The summed E-state index contributed by atoms with van der Waals surface area (Å²) in [5, 5.41) is 25.6. The van der Waals surface area contributed by atoms with Crippen molar-refractivity contribution >= 4 is 46.6 Å². The Labute approximate surface area is 189 Å². The zero-order valence-electron chi connectivity index (χ0n) is 16.2. The number of ketones is 1. The Hall–Kier alpha value is -3.83. The van der Waals surface area contributed by atoms with E-state index >= 15 is 0 Å². The van der Waals surface area contributed by atoms with Gasteiger partial charge in [0.05, 0.1) is 17.6 Å². The number of halogens is 2. The smallest absolute Gasteiger partial charge is 0.355 e. The van der Waals surface area contributed by atoms with Gasteiger partial charge in [0.1, 0.15) is 11.7 Å².